The largest absolute Gasteiger partial charge is 0.504 e. The number of amides is 7. The second-order valence-corrected chi connectivity index (χ2v) is 30.2. The van der Waals surface area contributed by atoms with Crippen molar-refractivity contribution in [3.63, 3.8) is 0 Å². The number of hydrogen-bond donors (Lipinski definition) is 15. The van der Waals surface area contributed by atoms with Gasteiger partial charge >= 0.3 is 16.4 Å². The van der Waals surface area contributed by atoms with Gasteiger partial charge in [0.1, 0.15) is 40.2 Å². The van der Waals surface area contributed by atoms with Crippen LogP contribution in [-0.4, -0.2) is 254 Å². The Labute approximate surface area is 603 Å². The minimum absolute atomic E-state index is 0.0557. The fourth-order valence-corrected chi connectivity index (χ4v) is 16.1. The van der Waals surface area contributed by atoms with Gasteiger partial charge in [-0.1, -0.05) is 67.9 Å². The number of benzene rings is 2. The van der Waals surface area contributed by atoms with Crippen LogP contribution in [0.5, 0.6) is 11.5 Å². The molecule has 2 aliphatic carbocycles. The highest BCUT2D eigenvalue weighted by molar-refractivity contribution is 7.81. The Morgan fingerprint density at radius 3 is 2.02 bits per heavy atom. The van der Waals surface area contributed by atoms with Crippen molar-refractivity contribution >= 4 is 75.0 Å². The quantitative estimate of drug-likeness (QED) is 0.0384. The Hall–Kier alpha value is -8.17. The number of anilines is 1. The highest BCUT2D eigenvalue weighted by atomic mass is 32.3. The summed E-state index contributed by atoms with van der Waals surface area (Å²) in [4.78, 5) is 126. The topological polar surface area (TPSA) is 513 Å². The van der Waals surface area contributed by atoms with Gasteiger partial charge in [-0.05, 0) is 107 Å². The van der Waals surface area contributed by atoms with Crippen LogP contribution in [0.3, 0.4) is 0 Å². The molecule has 2 aromatic heterocycles. The lowest BCUT2D eigenvalue weighted by Crippen LogP contribution is -2.64. The number of aliphatic hydroxyl groups excluding tert-OH is 7. The lowest BCUT2D eigenvalue weighted by molar-refractivity contribution is -0.152. The second-order valence-electron chi connectivity index (χ2n) is 28.2. The van der Waals surface area contributed by atoms with Crippen molar-refractivity contribution in [3.05, 3.63) is 65.4 Å². The molecule has 34 nitrogen and oxygen atoms in total. The third-order valence-corrected chi connectivity index (χ3v) is 22.0. The number of carbonyl (C=O) groups excluding carboxylic acids is 7. The molecular formula is C68H92N12O22S2. The van der Waals surface area contributed by atoms with E-state index in [2.05, 4.69) is 40.5 Å². The molecule has 10 rings (SSSR count). The van der Waals surface area contributed by atoms with Crippen LogP contribution in [0.15, 0.2) is 54.9 Å². The van der Waals surface area contributed by atoms with Crippen LogP contribution in [0.1, 0.15) is 133 Å². The predicted molar refractivity (Wildman–Crippen MR) is 367 cm³/mol. The smallest absolute Gasteiger partial charge is 0.446 e. The summed E-state index contributed by atoms with van der Waals surface area (Å²) in [6, 6.07) is 0.508. The lowest BCUT2D eigenvalue weighted by atomic mass is 9.78. The number of rotatable bonds is 20. The molecule has 0 bridgehead atoms. The summed E-state index contributed by atoms with van der Waals surface area (Å²) < 4.78 is 43.5. The van der Waals surface area contributed by atoms with Gasteiger partial charge in [0.25, 0.3) is 0 Å². The highest BCUT2D eigenvalue weighted by Crippen LogP contribution is 2.41. The van der Waals surface area contributed by atoms with Crippen LogP contribution in [0.2, 0.25) is 0 Å². The summed E-state index contributed by atoms with van der Waals surface area (Å²) >= 11 is 1.51. The molecule has 7 amide bonds. The number of carboxylic acids is 1. The number of aliphatic carboxylic acids is 1. The summed E-state index contributed by atoms with van der Waals surface area (Å²) in [5.74, 6) is -13.6. The van der Waals surface area contributed by atoms with Crippen molar-refractivity contribution in [2.75, 3.05) is 37.6 Å². The normalized spacial score (nSPS) is 28.2. The molecule has 15 N–H and O–H groups in total. The molecule has 4 aromatic rings. The summed E-state index contributed by atoms with van der Waals surface area (Å²) in [6.07, 6.45) is -0.846. The minimum Gasteiger partial charge on any atom is -0.504 e. The third-order valence-electron chi connectivity index (χ3n) is 20.5. The minimum atomic E-state index is -5.27. The first kappa shape index (κ1) is 78.4. The molecule has 2 saturated carbocycles. The summed E-state index contributed by atoms with van der Waals surface area (Å²) in [5, 5.41) is 121. The number of phenols is 1. The van der Waals surface area contributed by atoms with Gasteiger partial charge in [0.15, 0.2) is 11.5 Å². The van der Waals surface area contributed by atoms with Crippen molar-refractivity contribution in [1.29, 1.82) is 0 Å². The molecule has 2 aromatic carbocycles. The number of carboxylic acid groups (broad SMARTS) is 1. The first-order valence-electron chi connectivity index (χ1n) is 35.2. The summed E-state index contributed by atoms with van der Waals surface area (Å²) in [6.45, 7) is 2.60. The number of hydrogen-bond acceptors (Lipinski definition) is 26. The van der Waals surface area contributed by atoms with E-state index in [-0.39, 0.29) is 36.3 Å². The molecule has 6 aliphatic rings. The summed E-state index contributed by atoms with van der Waals surface area (Å²) in [7, 11) is -5.27. The number of aromatic hydroxyl groups is 1. The van der Waals surface area contributed by atoms with Gasteiger partial charge in [-0.15, -0.1) is 10.2 Å². The Morgan fingerprint density at radius 1 is 0.712 bits per heavy atom. The van der Waals surface area contributed by atoms with Crippen LogP contribution < -0.4 is 35.7 Å². The van der Waals surface area contributed by atoms with Crippen molar-refractivity contribution in [3.8, 4) is 33.2 Å². The molecule has 6 fully saturated rings. The van der Waals surface area contributed by atoms with E-state index in [0.717, 1.165) is 106 Å². The van der Waals surface area contributed by atoms with Gasteiger partial charge in [0.2, 0.25) is 53.5 Å². The average Bonchev–Trinajstić information content (AvgIpc) is 1.66. The van der Waals surface area contributed by atoms with E-state index in [1.54, 1.807) is 5.32 Å². The maximum Gasteiger partial charge on any atom is 0.446 e. The second kappa shape index (κ2) is 34.8. The molecule has 4 saturated heterocycles. The Balaban J connectivity index is 0.842. The van der Waals surface area contributed by atoms with Crippen molar-refractivity contribution in [1.82, 2.24) is 56.5 Å². The van der Waals surface area contributed by atoms with E-state index in [4.69, 9.17) is 14.7 Å². The lowest BCUT2D eigenvalue weighted by Gasteiger charge is -2.34. The number of carbonyl (C=O) groups is 8. The third kappa shape index (κ3) is 20.0. The standard InChI is InChI=1S/C68H92N12O22S2/c1-34-32-80-56(57(34)88)61(92)69-31-43(82)26-41(14-10-36-8-12-39(13-9-36)63-76-77-64(103-63)40-17-15-38(16-18-40)42-29-70-68(71-30-42)78-22-20-46(21-23-78)101-45-6-4-3-5-7-45)58(89)73-53(35(2)81)65(94)79-33-44(83)27-47(79)59(90)74-54(49(85)24-37-11-19-48(84)51(25-37)102-104(98,99)100)60(91)75-55(66(80)95)50(86)28-52(87)72-62(93)67(96)97/h11,15-19,25,29-30,34-36,39,41,43-47,49-50,53-57,62,81-86,88,93H,3-10,12-14,20-24,26-28,31-33H2,1-2H3,(H,69,92)(H,72,87)(H,73,89)(H,74,90)(H,75,91)(H,96,97)(H,98,99,100)/t34-,35+,36?,39?,41?,43+,44+,47-,49+,50+,53?,54-,55-,56-,57-,62?/m0/s1. The van der Waals surface area contributed by atoms with Gasteiger partial charge in [-0.25, -0.2) is 14.8 Å². The number of piperidine rings is 1. The molecule has 14 atom stereocenters. The van der Waals surface area contributed by atoms with Gasteiger partial charge in [-0.3, -0.25) is 38.1 Å². The first-order valence-corrected chi connectivity index (χ1v) is 37.4. The zero-order chi connectivity index (χ0) is 74.8. The maximum absolute atomic E-state index is 14.9. The average molecular weight is 1490 g/mol. The molecular weight excluding hydrogens is 1400 g/mol. The van der Waals surface area contributed by atoms with Gasteiger partial charge in [0, 0.05) is 86.8 Å². The zero-order valence-electron chi connectivity index (χ0n) is 57.5. The van der Waals surface area contributed by atoms with Gasteiger partial charge in [-0.2, -0.15) is 8.42 Å². The van der Waals surface area contributed by atoms with E-state index < -0.39 is 193 Å². The molecule has 0 spiro atoms. The SMILES string of the molecule is C[C@@H](O)C1NC(=O)C(CCC2CCC(c3nnc(-c4ccc(-c5cnc(N6CCC(OC7CCCCC7)CC6)nc5)cc4)s3)CC2)C[C@@H](O)CNC(=O)[C@@H]2[C@@H](O)[C@@H](C)CN2C(=O)[C@H]([C@H](O)CC(=O)NC(O)C(=O)O)NC(=O)[C@H]([C@H](O)Cc2ccc(O)c(OS(=O)(=O)O)c2)NC(=O)[C@@H]2C[C@@H](O)CN2C1=O. The van der Waals surface area contributed by atoms with Gasteiger partial charge in [0.05, 0.1) is 55.3 Å². The van der Waals surface area contributed by atoms with E-state index in [1.807, 2.05) is 36.7 Å². The van der Waals surface area contributed by atoms with Crippen LogP contribution in [0.4, 0.5) is 5.95 Å². The van der Waals surface area contributed by atoms with Crippen LogP contribution >= 0.6 is 11.3 Å². The number of aromatic nitrogens is 4. The van der Waals surface area contributed by atoms with Crippen molar-refractivity contribution in [2.24, 2.45) is 17.8 Å². The van der Waals surface area contributed by atoms with Crippen LogP contribution in [0, 0.1) is 17.8 Å². The molecule has 3 unspecified atom stereocenters. The van der Waals surface area contributed by atoms with E-state index in [9.17, 15) is 97.3 Å². The number of fused-ring (bicyclic) bond motifs is 2. The molecule has 6 heterocycles. The number of phenolic OH excluding ortho intramolecular Hbond substituents is 1. The monoisotopic (exact) mass is 1490 g/mol. The predicted octanol–water partition coefficient (Wildman–Crippen LogP) is -0.703. The maximum atomic E-state index is 14.9. The Kier molecular flexibility index (Phi) is 26.3. The molecule has 104 heavy (non-hydrogen) atoms. The Bertz CT molecular complexity index is 3800. The van der Waals surface area contributed by atoms with Crippen molar-refractivity contribution < 1.29 is 106 Å². The van der Waals surface area contributed by atoms with Crippen LogP contribution in [-0.2, 0) is 59.9 Å². The highest BCUT2D eigenvalue weighted by Gasteiger charge is 2.50. The number of β-amino-alcohol motifs (C(OH)–C–C–N with tert-alkyl or cyclic N) is 1. The van der Waals surface area contributed by atoms with Crippen molar-refractivity contribution in [2.45, 2.75) is 214 Å². The molecule has 568 valence electrons. The molecule has 36 heteroatoms. The zero-order valence-corrected chi connectivity index (χ0v) is 59.1. The number of ether oxygens (including phenoxy) is 1. The molecule has 0 radical (unpaired) electrons. The first-order chi connectivity index (χ1) is 49.5. The van der Waals surface area contributed by atoms with Crippen LogP contribution in [0.25, 0.3) is 21.7 Å². The number of nitrogens with one attached hydrogen (secondary N) is 5. The fraction of sp³-hybridized carbons (Fsp3) is 0.618. The summed E-state index contributed by atoms with van der Waals surface area (Å²) in [5.41, 5.74) is 2.56. The van der Waals surface area contributed by atoms with Gasteiger partial charge < -0.3 is 96.2 Å². The Morgan fingerprint density at radius 2 is 1.36 bits per heavy atom. The fourth-order valence-electron chi connectivity index (χ4n) is 14.7. The number of aliphatic hydroxyl groups is 7. The van der Waals surface area contributed by atoms with E-state index in [0.29, 0.717) is 31.3 Å². The number of nitrogens with zero attached hydrogens (tertiary/aromatic N) is 7. The van der Waals surface area contributed by atoms with E-state index in [1.165, 1.54) is 44.4 Å². The molecule has 4 aliphatic heterocycles. The van der Waals surface area contributed by atoms with E-state index >= 15 is 0 Å².